The molecular weight excluding hydrogens is 365 g/mol. The molecule has 0 unspecified atom stereocenters. The van der Waals surface area contributed by atoms with E-state index in [9.17, 15) is 4.79 Å². The van der Waals surface area contributed by atoms with Crippen LogP contribution in [0.1, 0.15) is 41.3 Å². The molecule has 24 heavy (non-hydrogen) atoms. The molecule has 0 radical (unpaired) electrons. The highest BCUT2D eigenvalue weighted by atomic mass is 35.5. The lowest BCUT2D eigenvalue weighted by Crippen LogP contribution is -2.18. The average Bonchev–Trinajstić information content (AvgIpc) is 3.30. The molecular formula is C17H21Cl2N3OS. The van der Waals surface area contributed by atoms with Crippen LogP contribution in [-0.2, 0) is 11.2 Å². The smallest absolute Gasteiger partial charge is 0.227 e. The molecule has 0 aliphatic heterocycles. The number of benzene rings is 1. The second kappa shape index (κ2) is 8.81. The van der Waals surface area contributed by atoms with E-state index in [-0.39, 0.29) is 18.3 Å². The van der Waals surface area contributed by atoms with Gasteiger partial charge in [0.05, 0.1) is 5.69 Å². The maximum atomic E-state index is 11.9. The van der Waals surface area contributed by atoms with E-state index in [1.54, 1.807) is 11.3 Å². The van der Waals surface area contributed by atoms with Gasteiger partial charge in [0, 0.05) is 35.2 Å². The monoisotopic (exact) mass is 385 g/mol. The molecule has 1 aromatic heterocycles. The number of halogens is 2. The van der Waals surface area contributed by atoms with E-state index in [0.717, 1.165) is 22.7 Å². The molecule has 7 heteroatoms. The number of hydrogen-bond acceptors (Lipinski definition) is 4. The third kappa shape index (κ3) is 4.93. The van der Waals surface area contributed by atoms with Crippen molar-refractivity contribution in [2.24, 2.45) is 0 Å². The fourth-order valence-corrected chi connectivity index (χ4v) is 3.74. The van der Waals surface area contributed by atoms with E-state index < -0.39 is 0 Å². The van der Waals surface area contributed by atoms with E-state index >= 15 is 0 Å². The van der Waals surface area contributed by atoms with E-state index in [4.69, 9.17) is 11.6 Å². The molecule has 1 heterocycles. The Balaban J connectivity index is 0.00000208. The van der Waals surface area contributed by atoms with Gasteiger partial charge in [-0.2, -0.15) is 0 Å². The highest BCUT2D eigenvalue weighted by Gasteiger charge is 2.30. The van der Waals surface area contributed by atoms with Crippen LogP contribution in [0.4, 0.5) is 5.13 Å². The highest BCUT2D eigenvalue weighted by molar-refractivity contribution is 7.15. The minimum Gasteiger partial charge on any atom is -0.319 e. The second-order valence-corrected chi connectivity index (χ2v) is 7.26. The lowest BCUT2D eigenvalue weighted by Gasteiger charge is -2.03. The summed E-state index contributed by atoms with van der Waals surface area (Å²) in [6.45, 7) is 0.666. The van der Waals surface area contributed by atoms with Gasteiger partial charge in [-0.25, -0.2) is 4.98 Å². The predicted molar refractivity (Wildman–Crippen MR) is 103 cm³/mol. The fourth-order valence-electron chi connectivity index (χ4n) is 2.45. The van der Waals surface area contributed by atoms with Crippen molar-refractivity contribution in [3.8, 4) is 0 Å². The van der Waals surface area contributed by atoms with Crippen molar-refractivity contribution in [1.82, 2.24) is 10.3 Å². The van der Waals surface area contributed by atoms with Crippen molar-refractivity contribution < 1.29 is 4.79 Å². The Morgan fingerprint density at radius 3 is 2.79 bits per heavy atom. The van der Waals surface area contributed by atoms with Crippen LogP contribution in [0.25, 0.3) is 0 Å². The molecule has 1 amide bonds. The molecule has 1 aliphatic rings. The van der Waals surface area contributed by atoms with Crippen molar-refractivity contribution in [3.63, 3.8) is 0 Å². The summed E-state index contributed by atoms with van der Waals surface area (Å²) in [7, 11) is 1.84. The quantitative estimate of drug-likeness (QED) is 0.749. The number of nitrogens with zero attached hydrogens (tertiary/aromatic N) is 1. The maximum absolute atomic E-state index is 11.9. The van der Waals surface area contributed by atoms with Gasteiger partial charge in [-0.05, 0) is 31.5 Å². The number of nitrogens with one attached hydrogen (secondary N) is 2. The van der Waals surface area contributed by atoms with Crippen molar-refractivity contribution >= 4 is 46.4 Å². The zero-order valence-corrected chi connectivity index (χ0v) is 15.9. The maximum Gasteiger partial charge on any atom is 0.227 e. The van der Waals surface area contributed by atoms with E-state index in [0.29, 0.717) is 24.0 Å². The fraction of sp³-hybridized carbons (Fsp3) is 0.412. The van der Waals surface area contributed by atoms with Gasteiger partial charge >= 0.3 is 0 Å². The number of anilines is 1. The summed E-state index contributed by atoms with van der Waals surface area (Å²) < 4.78 is 0. The van der Waals surface area contributed by atoms with Gasteiger partial charge in [0.25, 0.3) is 0 Å². The number of rotatable bonds is 7. The normalized spacial score (nSPS) is 13.4. The van der Waals surface area contributed by atoms with Crippen LogP contribution in [0, 0.1) is 0 Å². The van der Waals surface area contributed by atoms with Gasteiger partial charge in [-0.15, -0.1) is 23.7 Å². The summed E-state index contributed by atoms with van der Waals surface area (Å²) in [4.78, 5) is 17.8. The van der Waals surface area contributed by atoms with E-state index in [2.05, 4.69) is 15.6 Å². The van der Waals surface area contributed by atoms with Crippen LogP contribution in [0.2, 0.25) is 5.02 Å². The van der Waals surface area contributed by atoms with Crippen LogP contribution >= 0.6 is 35.3 Å². The number of aromatic nitrogens is 1. The molecule has 3 rings (SSSR count). The SMILES string of the molecule is CNCCC(=O)Nc1nc(C2CC2)c(Cc2ccccc2Cl)s1.Cl. The van der Waals surface area contributed by atoms with Crippen LogP contribution in [0.3, 0.4) is 0 Å². The Morgan fingerprint density at radius 2 is 2.12 bits per heavy atom. The molecule has 1 fully saturated rings. The number of carbonyl (C=O) groups excluding carboxylic acids is 1. The van der Waals surface area contributed by atoms with E-state index in [1.807, 2.05) is 31.3 Å². The summed E-state index contributed by atoms with van der Waals surface area (Å²) in [5.41, 5.74) is 2.24. The second-order valence-electron chi connectivity index (χ2n) is 5.77. The molecule has 0 atom stereocenters. The summed E-state index contributed by atoms with van der Waals surface area (Å²) in [6.07, 6.45) is 3.60. The van der Waals surface area contributed by atoms with E-state index in [1.165, 1.54) is 17.7 Å². The summed E-state index contributed by atoms with van der Waals surface area (Å²) in [6, 6.07) is 7.90. The molecule has 0 saturated heterocycles. The van der Waals surface area contributed by atoms with Crippen molar-refractivity contribution in [2.45, 2.75) is 31.6 Å². The molecule has 2 aromatic rings. The summed E-state index contributed by atoms with van der Waals surface area (Å²) in [5, 5.41) is 7.38. The summed E-state index contributed by atoms with van der Waals surface area (Å²) in [5.74, 6) is 0.548. The van der Waals surface area contributed by atoms with Crippen LogP contribution in [0.15, 0.2) is 24.3 Å². The zero-order chi connectivity index (χ0) is 16.2. The molecule has 2 N–H and O–H groups in total. The van der Waals surface area contributed by atoms with Gasteiger partial charge in [-0.1, -0.05) is 29.8 Å². The van der Waals surface area contributed by atoms with Gasteiger partial charge in [-0.3, -0.25) is 4.79 Å². The Kier molecular flexibility index (Phi) is 7.04. The van der Waals surface area contributed by atoms with Crippen molar-refractivity contribution in [2.75, 3.05) is 18.9 Å². The predicted octanol–water partition coefficient (Wildman–Crippen LogP) is 4.23. The summed E-state index contributed by atoms with van der Waals surface area (Å²) >= 11 is 7.85. The molecule has 4 nitrogen and oxygen atoms in total. The Morgan fingerprint density at radius 1 is 1.38 bits per heavy atom. The Bertz CT molecular complexity index is 701. The lowest BCUT2D eigenvalue weighted by molar-refractivity contribution is -0.116. The van der Waals surface area contributed by atoms with Crippen LogP contribution in [0.5, 0.6) is 0 Å². The third-order valence-electron chi connectivity index (χ3n) is 3.85. The highest BCUT2D eigenvalue weighted by Crippen LogP contribution is 2.44. The first-order valence-electron chi connectivity index (χ1n) is 7.85. The Hall–Kier alpha value is -1.14. The van der Waals surface area contributed by atoms with Gasteiger partial charge in [0.15, 0.2) is 5.13 Å². The van der Waals surface area contributed by atoms with Crippen molar-refractivity contribution in [1.29, 1.82) is 0 Å². The number of amides is 1. The minimum absolute atomic E-state index is 0. The number of carbonyl (C=O) groups is 1. The first-order valence-corrected chi connectivity index (χ1v) is 9.04. The third-order valence-corrected chi connectivity index (χ3v) is 5.20. The molecule has 1 saturated carbocycles. The topological polar surface area (TPSA) is 54.0 Å². The molecule has 0 spiro atoms. The molecule has 130 valence electrons. The van der Waals surface area contributed by atoms with Gasteiger partial charge in [0.2, 0.25) is 5.91 Å². The standard InChI is InChI=1S/C17H20ClN3OS.ClH/c1-19-9-8-15(22)20-17-21-16(11-6-7-11)14(23-17)10-12-4-2-3-5-13(12)18;/h2-5,11,19H,6-10H2,1H3,(H,20,21,22);1H. The van der Waals surface area contributed by atoms with Crippen molar-refractivity contribution in [3.05, 3.63) is 45.4 Å². The Labute approximate surface area is 157 Å². The molecule has 1 aliphatic carbocycles. The first-order chi connectivity index (χ1) is 11.2. The van der Waals surface area contributed by atoms with Crippen LogP contribution in [-0.4, -0.2) is 24.5 Å². The largest absolute Gasteiger partial charge is 0.319 e. The van der Waals surface area contributed by atoms with Gasteiger partial charge < -0.3 is 10.6 Å². The first kappa shape index (κ1) is 19.2. The average molecular weight is 386 g/mol. The molecule has 1 aromatic carbocycles. The zero-order valence-electron chi connectivity index (χ0n) is 13.5. The number of hydrogen-bond donors (Lipinski definition) is 2. The minimum atomic E-state index is -0.000240. The number of thiazole rings is 1. The lowest BCUT2D eigenvalue weighted by atomic mass is 10.1. The van der Waals surface area contributed by atoms with Gasteiger partial charge in [0.1, 0.15) is 0 Å². The molecule has 0 bridgehead atoms. The van der Waals surface area contributed by atoms with Crippen LogP contribution < -0.4 is 10.6 Å².